The lowest BCUT2D eigenvalue weighted by molar-refractivity contribution is -0.121. The van der Waals surface area contributed by atoms with Crippen LogP contribution in [0.1, 0.15) is 5.56 Å². The Morgan fingerprint density at radius 3 is 2.67 bits per heavy atom. The molecular weight excluding hydrogens is 256 g/mol. The van der Waals surface area contributed by atoms with E-state index in [0.717, 1.165) is 10.0 Å². The van der Waals surface area contributed by atoms with Crippen molar-refractivity contribution in [1.29, 1.82) is 0 Å². The molecule has 0 aromatic heterocycles. The Hall–Kier alpha value is -0.870. The summed E-state index contributed by atoms with van der Waals surface area (Å²) in [6, 6.07) is 7.86. The summed E-state index contributed by atoms with van der Waals surface area (Å²) < 4.78 is 1.02. The van der Waals surface area contributed by atoms with E-state index < -0.39 is 0 Å². The topological polar surface area (TPSA) is 32.3 Å². The number of carbonyl (C=O) groups is 1. The molecule has 1 rings (SSSR count). The zero-order valence-corrected chi connectivity index (χ0v) is 10.5. The number of nitrogens with zero attached hydrogens (tertiary/aromatic N) is 1. The maximum Gasteiger partial charge on any atom is 0.234 e. The molecule has 0 unspecified atom stereocenters. The van der Waals surface area contributed by atoms with Gasteiger partial charge >= 0.3 is 0 Å². The lowest BCUT2D eigenvalue weighted by Crippen LogP contribution is -2.32. The highest BCUT2D eigenvalue weighted by Gasteiger charge is 2.03. The predicted molar refractivity (Wildman–Crippen MR) is 64.5 cm³/mol. The van der Waals surface area contributed by atoms with Crippen LogP contribution in [0.5, 0.6) is 0 Å². The molecule has 0 heterocycles. The van der Waals surface area contributed by atoms with Crippen LogP contribution in [0.25, 0.3) is 0 Å². The molecule has 3 nitrogen and oxygen atoms in total. The van der Waals surface area contributed by atoms with E-state index >= 15 is 0 Å². The number of hydrogen-bond donors (Lipinski definition) is 1. The molecule has 15 heavy (non-hydrogen) atoms. The third kappa shape index (κ3) is 4.44. The molecule has 0 aliphatic rings. The predicted octanol–water partition coefficient (Wildman–Crippen LogP) is 1.63. The molecule has 0 spiro atoms. The number of rotatable bonds is 4. The zero-order valence-electron chi connectivity index (χ0n) is 8.96. The summed E-state index contributed by atoms with van der Waals surface area (Å²) in [7, 11) is 3.75. The van der Waals surface area contributed by atoms with Crippen molar-refractivity contribution < 1.29 is 4.79 Å². The Kier molecular flexibility index (Phi) is 4.78. The number of carbonyl (C=O) groups excluding carboxylic acids is 1. The summed E-state index contributed by atoms with van der Waals surface area (Å²) in [4.78, 5) is 13.2. The summed E-state index contributed by atoms with van der Waals surface area (Å²) >= 11 is 3.44. The van der Waals surface area contributed by atoms with Crippen LogP contribution in [0.2, 0.25) is 0 Å². The molecule has 0 saturated heterocycles. The van der Waals surface area contributed by atoms with Crippen molar-refractivity contribution >= 4 is 21.8 Å². The summed E-state index contributed by atoms with van der Waals surface area (Å²) in [6.45, 7) is 0.985. The Balaban J connectivity index is 2.44. The van der Waals surface area contributed by atoms with Crippen molar-refractivity contribution in [3.05, 3.63) is 34.3 Å². The standard InChI is InChI=1S/C11H15BrN2O/c1-14(2)8-11(15)13-7-9-5-3-4-6-10(9)12/h3-6H,7-8H2,1-2H3,(H,13,15). The molecule has 0 atom stereocenters. The largest absolute Gasteiger partial charge is 0.351 e. The van der Waals surface area contributed by atoms with Crippen molar-refractivity contribution in [3.63, 3.8) is 0 Å². The van der Waals surface area contributed by atoms with Crippen LogP contribution in [0.3, 0.4) is 0 Å². The van der Waals surface area contributed by atoms with Crippen LogP contribution >= 0.6 is 15.9 Å². The van der Waals surface area contributed by atoms with Gasteiger partial charge in [-0.15, -0.1) is 0 Å². The third-order valence-corrected chi connectivity index (χ3v) is 2.67. The van der Waals surface area contributed by atoms with Crippen LogP contribution < -0.4 is 5.32 Å². The summed E-state index contributed by atoms with van der Waals surface area (Å²) in [5.74, 6) is 0.0377. The molecule has 0 saturated carbocycles. The molecule has 82 valence electrons. The van der Waals surface area contributed by atoms with Gasteiger partial charge in [0.1, 0.15) is 0 Å². The molecule has 0 radical (unpaired) electrons. The third-order valence-electron chi connectivity index (χ3n) is 1.89. The normalized spacial score (nSPS) is 10.4. The van der Waals surface area contributed by atoms with E-state index in [1.165, 1.54) is 0 Å². The van der Waals surface area contributed by atoms with Crippen molar-refractivity contribution in [3.8, 4) is 0 Å². The van der Waals surface area contributed by atoms with Gasteiger partial charge in [0.25, 0.3) is 0 Å². The van der Waals surface area contributed by atoms with E-state index in [9.17, 15) is 4.79 Å². The molecule has 0 aliphatic heterocycles. The highest BCUT2D eigenvalue weighted by molar-refractivity contribution is 9.10. The van der Waals surface area contributed by atoms with Gasteiger partial charge in [-0.1, -0.05) is 34.1 Å². The fourth-order valence-electron chi connectivity index (χ4n) is 1.18. The average Bonchev–Trinajstić information content (AvgIpc) is 2.15. The summed E-state index contributed by atoms with van der Waals surface area (Å²) in [5, 5.41) is 2.86. The smallest absolute Gasteiger partial charge is 0.234 e. The first-order valence-corrected chi connectivity index (χ1v) is 5.53. The number of benzene rings is 1. The van der Waals surface area contributed by atoms with Crippen LogP contribution in [0.4, 0.5) is 0 Å². The number of likely N-dealkylation sites (N-methyl/N-ethyl adjacent to an activating group) is 1. The first-order valence-electron chi connectivity index (χ1n) is 4.74. The Morgan fingerprint density at radius 1 is 1.40 bits per heavy atom. The molecule has 1 N–H and O–H groups in total. The van der Waals surface area contributed by atoms with E-state index in [1.807, 2.05) is 43.3 Å². The molecule has 1 aromatic rings. The Morgan fingerprint density at radius 2 is 2.07 bits per heavy atom. The minimum absolute atomic E-state index is 0.0377. The molecule has 0 bridgehead atoms. The van der Waals surface area contributed by atoms with Crippen LogP contribution in [-0.2, 0) is 11.3 Å². The van der Waals surface area contributed by atoms with Gasteiger partial charge in [0.15, 0.2) is 0 Å². The minimum atomic E-state index is 0.0377. The molecular formula is C11H15BrN2O. The van der Waals surface area contributed by atoms with Crippen LogP contribution in [0, 0.1) is 0 Å². The number of hydrogen-bond acceptors (Lipinski definition) is 2. The second-order valence-electron chi connectivity index (χ2n) is 3.61. The van der Waals surface area contributed by atoms with Gasteiger partial charge in [-0.05, 0) is 25.7 Å². The van der Waals surface area contributed by atoms with E-state index in [2.05, 4.69) is 21.2 Å². The Bertz CT molecular complexity index is 339. The highest BCUT2D eigenvalue weighted by Crippen LogP contribution is 2.15. The van der Waals surface area contributed by atoms with Crippen molar-refractivity contribution in [1.82, 2.24) is 10.2 Å². The van der Waals surface area contributed by atoms with Gasteiger partial charge in [0, 0.05) is 11.0 Å². The monoisotopic (exact) mass is 270 g/mol. The van der Waals surface area contributed by atoms with Crippen molar-refractivity contribution in [2.45, 2.75) is 6.54 Å². The van der Waals surface area contributed by atoms with Gasteiger partial charge in [0.2, 0.25) is 5.91 Å². The maximum absolute atomic E-state index is 11.4. The fourth-order valence-corrected chi connectivity index (χ4v) is 1.60. The molecule has 0 aliphatic carbocycles. The Labute approximate surface area is 98.6 Å². The highest BCUT2D eigenvalue weighted by atomic mass is 79.9. The van der Waals surface area contributed by atoms with Crippen LogP contribution in [0.15, 0.2) is 28.7 Å². The average molecular weight is 271 g/mol. The van der Waals surface area contributed by atoms with Gasteiger partial charge in [-0.3, -0.25) is 4.79 Å². The first kappa shape index (κ1) is 12.2. The molecule has 0 fully saturated rings. The van der Waals surface area contributed by atoms with Gasteiger partial charge in [-0.25, -0.2) is 0 Å². The zero-order chi connectivity index (χ0) is 11.3. The molecule has 4 heteroatoms. The lowest BCUT2D eigenvalue weighted by Gasteiger charge is -2.10. The second kappa shape index (κ2) is 5.88. The van der Waals surface area contributed by atoms with E-state index in [4.69, 9.17) is 0 Å². The van der Waals surface area contributed by atoms with E-state index in [1.54, 1.807) is 0 Å². The fraction of sp³-hybridized carbons (Fsp3) is 0.364. The first-order chi connectivity index (χ1) is 7.09. The summed E-state index contributed by atoms with van der Waals surface area (Å²) in [6.07, 6.45) is 0. The molecule has 1 amide bonds. The van der Waals surface area contributed by atoms with Crippen LogP contribution in [-0.4, -0.2) is 31.4 Å². The lowest BCUT2D eigenvalue weighted by atomic mass is 10.2. The van der Waals surface area contributed by atoms with E-state index in [0.29, 0.717) is 13.1 Å². The molecule has 1 aromatic carbocycles. The van der Waals surface area contributed by atoms with Crippen molar-refractivity contribution in [2.24, 2.45) is 0 Å². The maximum atomic E-state index is 11.4. The SMILES string of the molecule is CN(C)CC(=O)NCc1ccccc1Br. The van der Waals surface area contributed by atoms with Gasteiger partial charge < -0.3 is 10.2 Å². The summed E-state index contributed by atoms with van der Waals surface area (Å²) in [5.41, 5.74) is 1.09. The van der Waals surface area contributed by atoms with Gasteiger partial charge in [0.05, 0.1) is 6.54 Å². The quantitative estimate of drug-likeness (QED) is 0.902. The van der Waals surface area contributed by atoms with Gasteiger partial charge in [-0.2, -0.15) is 0 Å². The minimum Gasteiger partial charge on any atom is -0.351 e. The van der Waals surface area contributed by atoms with E-state index in [-0.39, 0.29) is 5.91 Å². The number of amides is 1. The second-order valence-corrected chi connectivity index (χ2v) is 4.46. The number of nitrogens with one attached hydrogen (secondary N) is 1. The number of halogens is 1. The van der Waals surface area contributed by atoms with Crippen molar-refractivity contribution in [2.75, 3.05) is 20.6 Å².